The lowest BCUT2D eigenvalue weighted by atomic mass is 10.1. The van der Waals surface area contributed by atoms with Crippen LogP contribution in [0.15, 0.2) is 22.4 Å². The Morgan fingerprint density at radius 2 is 2.41 bits per heavy atom. The molecule has 1 rings (SSSR count). The van der Waals surface area contributed by atoms with Crippen LogP contribution in [0.25, 0.3) is 0 Å². The Morgan fingerprint density at radius 3 is 2.88 bits per heavy atom. The standard InChI is InChI=1S/C12H20IN3O/c1-4-7-14-8-5-12(15-17-11(3)13)16-9-6-10(16)2/h5,7-8,10-11H,4,6,9H2,1-3H3/b8-5+,14-7?,15-12+/t10-,11?/m0/s1. The second-order valence-corrected chi connectivity index (χ2v) is 5.74. The Hall–Kier alpha value is -0.590. The summed E-state index contributed by atoms with van der Waals surface area (Å²) in [6.45, 7) is 7.25. The molecule has 0 saturated carbocycles. The first kappa shape index (κ1) is 14.5. The maximum Gasteiger partial charge on any atom is 0.174 e. The summed E-state index contributed by atoms with van der Waals surface area (Å²) in [5, 5.41) is 4.17. The lowest BCUT2D eigenvalue weighted by molar-refractivity contribution is 0.128. The molecular weight excluding hydrogens is 329 g/mol. The molecular formula is C12H20IN3O. The van der Waals surface area contributed by atoms with Crippen molar-refractivity contribution >= 4 is 34.6 Å². The van der Waals surface area contributed by atoms with Crippen molar-refractivity contribution in [2.24, 2.45) is 10.1 Å². The van der Waals surface area contributed by atoms with Crippen molar-refractivity contribution < 1.29 is 4.84 Å². The molecule has 4 nitrogen and oxygen atoms in total. The molecule has 0 radical (unpaired) electrons. The first-order valence-corrected chi connectivity index (χ1v) is 7.22. The number of hydrogen-bond donors (Lipinski definition) is 0. The number of amidine groups is 1. The Kier molecular flexibility index (Phi) is 6.54. The summed E-state index contributed by atoms with van der Waals surface area (Å²) in [6, 6.07) is 0.543. The van der Waals surface area contributed by atoms with Crippen molar-refractivity contribution in [1.29, 1.82) is 0 Å². The van der Waals surface area contributed by atoms with Crippen LogP contribution >= 0.6 is 22.6 Å². The summed E-state index contributed by atoms with van der Waals surface area (Å²) in [7, 11) is 0. The van der Waals surface area contributed by atoms with E-state index in [4.69, 9.17) is 4.84 Å². The number of oxime groups is 1. The van der Waals surface area contributed by atoms with E-state index in [2.05, 4.69) is 51.5 Å². The highest BCUT2D eigenvalue weighted by atomic mass is 127. The maximum absolute atomic E-state index is 5.30. The van der Waals surface area contributed by atoms with Crippen molar-refractivity contribution in [3.8, 4) is 0 Å². The summed E-state index contributed by atoms with van der Waals surface area (Å²) in [4.78, 5) is 11.7. The highest BCUT2D eigenvalue weighted by molar-refractivity contribution is 14.1. The zero-order valence-electron chi connectivity index (χ0n) is 10.6. The van der Waals surface area contributed by atoms with Crippen LogP contribution in [0.4, 0.5) is 0 Å². The predicted molar refractivity (Wildman–Crippen MR) is 80.7 cm³/mol. The van der Waals surface area contributed by atoms with E-state index in [0.29, 0.717) is 6.04 Å². The maximum atomic E-state index is 5.30. The molecule has 2 atom stereocenters. The van der Waals surface area contributed by atoms with Gasteiger partial charge < -0.3 is 9.74 Å². The molecule has 0 N–H and O–H groups in total. The largest absolute Gasteiger partial charge is 0.380 e. The Morgan fingerprint density at radius 1 is 1.65 bits per heavy atom. The molecule has 0 bridgehead atoms. The van der Waals surface area contributed by atoms with Gasteiger partial charge in [0.05, 0.1) is 0 Å². The van der Waals surface area contributed by atoms with Crippen molar-refractivity contribution in [3.63, 3.8) is 0 Å². The molecule has 1 unspecified atom stereocenters. The molecule has 1 heterocycles. The molecule has 1 aliphatic heterocycles. The van der Waals surface area contributed by atoms with Gasteiger partial charge in [-0.2, -0.15) is 0 Å². The van der Waals surface area contributed by atoms with E-state index >= 15 is 0 Å². The fraction of sp³-hybridized carbons (Fsp3) is 0.667. The summed E-state index contributed by atoms with van der Waals surface area (Å²) < 4.78 is 0.0757. The van der Waals surface area contributed by atoms with Crippen LogP contribution in [0.3, 0.4) is 0 Å². The third-order valence-corrected chi connectivity index (χ3v) is 2.73. The quantitative estimate of drug-likeness (QED) is 0.251. The number of nitrogens with zero attached hydrogens (tertiary/aromatic N) is 3. The van der Waals surface area contributed by atoms with Crippen molar-refractivity contribution in [1.82, 2.24) is 4.90 Å². The molecule has 1 saturated heterocycles. The molecule has 0 aromatic rings. The smallest absolute Gasteiger partial charge is 0.174 e. The zero-order chi connectivity index (χ0) is 12.7. The minimum absolute atomic E-state index is 0.0757. The molecule has 0 amide bonds. The van der Waals surface area contributed by atoms with E-state index < -0.39 is 0 Å². The van der Waals surface area contributed by atoms with Crippen LogP contribution < -0.4 is 0 Å². The molecule has 1 fully saturated rings. The Bertz CT molecular complexity index is 313. The van der Waals surface area contributed by atoms with Gasteiger partial charge >= 0.3 is 0 Å². The van der Waals surface area contributed by atoms with Crippen molar-refractivity contribution in [2.45, 2.75) is 43.8 Å². The molecule has 0 aromatic carbocycles. The Labute approximate surface area is 117 Å². The fourth-order valence-electron chi connectivity index (χ4n) is 1.44. The van der Waals surface area contributed by atoms with Gasteiger partial charge in [0.15, 0.2) is 9.95 Å². The van der Waals surface area contributed by atoms with E-state index in [0.717, 1.165) is 18.8 Å². The number of alkyl halides is 1. The average molecular weight is 349 g/mol. The summed E-state index contributed by atoms with van der Waals surface area (Å²) in [5.74, 6) is 0.862. The SMILES string of the molecule is CCC=N/C=C/C(=N\OC(C)I)N1CC[C@@H]1C. The zero-order valence-corrected chi connectivity index (χ0v) is 12.8. The predicted octanol–water partition coefficient (Wildman–Crippen LogP) is 3.19. The highest BCUT2D eigenvalue weighted by Crippen LogP contribution is 2.18. The minimum Gasteiger partial charge on any atom is -0.380 e. The van der Waals surface area contributed by atoms with Crippen LogP contribution in [0, 0.1) is 0 Å². The molecule has 1 aliphatic rings. The molecule has 0 aliphatic carbocycles. The number of hydrogen-bond acceptors (Lipinski definition) is 3. The topological polar surface area (TPSA) is 37.2 Å². The van der Waals surface area contributed by atoms with Crippen molar-refractivity contribution in [3.05, 3.63) is 12.3 Å². The fourth-order valence-corrected chi connectivity index (χ4v) is 1.55. The second kappa shape index (κ2) is 7.68. The summed E-state index contributed by atoms with van der Waals surface area (Å²) in [5.41, 5.74) is 0. The van der Waals surface area contributed by atoms with Crippen LogP contribution in [0.2, 0.25) is 0 Å². The van der Waals surface area contributed by atoms with Gasteiger partial charge in [0.1, 0.15) is 0 Å². The average Bonchev–Trinajstić information content (AvgIpc) is 2.28. The van der Waals surface area contributed by atoms with Crippen LogP contribution in [-0.4, -0.2) is 33.6 Å². The first-order chi connectivity index (χ1) is 8.15. The van der Waals surface area contributed by atoms with E-state index in [1.54, 1.807) is 6.20 Å². The third kappa shape index (κ3) is 5.06. The van der Waals surface area contributed by atoms with E-state index in [9.17, 15) is 0 Å². The van der Waals surface area contributed by atoms with Crippen molar-refractivity contribution in [2.75, 3.05) is 6.54 Å². The van der Waals surface area contributed by atoms with Gasteiger partial charge in [-0.1, -0.05) is 12.1 Å². The first-order valence-electron chi connectivity index (χ1n) is 5.97. The number of rotatable bonds is 5. The molecule has 5 heteroatoms. The van der Waals surface area contributed by atoms with Crippen LogP contribution in [0.5, 0.6) is 0 Å². The molecule has 0 spiro atoms. The second-order valence-electron chi connectivity index (χ2n) is 3.98. The lowest BCUT2D eigenvalue weighted by Gasteiger charge is -2.39. The monoisotopic (exact) mass is 349 g/mol. The Balaban J connectivity index is 2.62. The van der Waals surface area contributed by atoms with E-state index in [-0.39, 0.29) is 4.11 Å². The molecule has 96 valence electrons. The van der Waals surface area contributed by atoms with Gasteiger partial charge in [0, 0.05) is 31.1 Å². The van der Waals surface area contributed by atoms with Gasteiger partial charge in [-0.25, -0.2) is 0 Å². The van der Waals surface area contributed by atoms with E-state index in [1.165, 1.54) is 6.42 Å². The highest BCUT2D eigenvalue weighted by Gasteiger charge is 2.25. The summed E-state index contributed by atoms with van der Waals surface area (Å²) >= 11 is 2.18. The van der Waals surface area contributed by atoms with Crippen LogP contribution in [0.1, 0.15) is 33.6 Å². The normalized spacial score (nSPS) is 23.2. The minimum atomic E-state index is 0.0757. The van der Waals surface area contributed by atoms with Gasteiger partial charge in [-0.3, -0.25) is 4.99 Å². The lowest BCUT2D eigenvalue weighted by Crippen LogP contribution is -2.48. The number of aliphatic imine (C=N–C) groups is 1. The third-order valence-electron chi connectivity index (χ3n) is 2.50. The molecule has 17 heavy (non-hydrogen) atoms. The van der Waals surface area contributed by atoms with Gasteiger partial charge in [-0.05, 0) is 49.3 Å². The van der Waals surface area contributed by atoms with E-state index in [1.807, 2.05) is 19.2 Å². The van der Waals surface area contributed by atoms with Gasteiger partial charge in [0.2, 0.25) is 0 Å². The number of likely N-dealkylation sites (tertiary alicyclic amines) is 1. The van der Waals surface area contributed by atoms with Crippen LogP contribution in [-0.2, 0) is 4.84 Å². The molecule has 0 aromatic heterocycles. The van der Waals surface area contributed by atoms with Gasteiger partial charge in [0.25, 0.3) is 0 Å². The number of halogens is 1. The summed E-state index contributed by atoms with van der Waals surface area (Å²) in [6.07, 6.45) is 7.70. The van der Waals surface area contributed by atoms with Gasteiger partial charge in [-0.15, -0.1) is 0 Å².